The molecule has 6 N–H and O–H groups in total. The quantitative estimate of drug-likeness (QED) is 0.0667. The van der Waals surface area contributed by atoms with Crippen LogP contribution in [0.5, 0.6) is 5.75 Å². The zero-order valence-electron chi connectivity index (χ0n) is 31.2. The van der Waals surface area contributed by atoms with E-state index in [0.29, 0.717) is 33.3 Å². The number of aryl methyl sites for hydroxylation is 2. The number of carbonyl (C=O) groups is 3. The van der Waals surface area contributed by atoms with Crippen LogP contribution in [0, 0.1) is 25.6 Å². The molecule has 15 heteroatoms. The molecule has 0 spiro atoms. The first-order valence-electron chi connectivity index (χ1n) is 17.5. The van der Waals surface area contributed by atoms with Gasteiger partial charge < -0.3 is 25.4 Å². The number of fused-ring (bicyclic) bond motifs is 1. The molecule has 0 aliphatic heterocycles. The highest BCUT2D eigenvalue weighted by Crippen LogP contribution is 2.45. The number of hydrogen-bond acceptors (Lipinski definition) is 9. The van der Waals surface area contributed by atoms with Crippen molar-refractivity contribution in [1.82, 2.24) is 15.3 Å². The van der Waals surface area contributed by atoms with Gasteiger partial charge in [-0.3, -0.25) is 29.2 Å². The Morgan fingerprint density at radius 1 is 1.00 bits per heavy atom. The standard InChI is InChI=1S/C39H48FN4O9P/c1-23-16-24(2)35(33(17-23)53-54(49,50)51)38(3,4)21-34(45)52-32(20-26(36(41)46)14-15-39(5,6)48)30(19-25-10-9-11-27(40)18-25)44-37(47)31-22-42-28-12-7-8-13-29(28)43-31/h7-13,16-18,22,26,30,32,48H,14-15,19-21H2,1-6H3,(H2,41,46)(H,44,47)(H2,49,50,51)/t26-,30+,32-/m1/s1. The Labute approximate surface area is 313 Å². The summed E-state index contributed by atoms with van der Waals surface area (Å²) in [5, 5.41) is 13.3. The minimum Gasteiger partial charge on any atom is -0.460 e. The van der Waals surface area contributed by atoms with Crippen LogP contribution >= 0.6 is 7.82 Å². The summed E-state index contributed by atoms with van der Waals surface area (Å²) in [5.41, 5.74) is 6.68. The number of phosphoric ester groups is 1. The monoisotopic (exact) mass is 766 g/mol. The van der Waals surface area contributed by atoms with E-state index in [1.807, 2.05) is 0 Å². The van der Waals surface area contributed by atoms with Gasteiger partial charge in [0.05, 0.1) is 35.3 Å². The molecule has 0 bridgehead atoms. The number of aromatic nitrogens is 2. The molecule has 0 aliphatic carbocycles. The lowest BCUT2D eigenvalue weighted by atomic mass is 9.78. The Bertz CT molecular complexity index is 2050. The van der Waals surface area contributed by atoms with Gasteiger partial charge in [-0.2, -0.15) is 0 Å². The van der Waals surface area contributed by atoms with E-state index < -0.39 is 60.5 Å². The van der Waals surface area contributed by atoms with Crippen LogP contribution in [0.1, 0.15) is 86.1 Å². The van der Waals surface area contributed by atoms with E-state index in [1.165, 1.54) is 30.5 Å². The Morgan fingerprint density at radius 3 is 2.31 bits per heavy atom. The summed E-state index contributed by atoms with van der Waals surface area (Å²) in [6, 6.07) is 14.9. The van der Waals surface area contributed by atoms with E-state index in [2.05, 4.69) is 15.3 Å². The molecule has 0 saturated heterocycles. The molecule has 0 saturated carbocycles. The van der Waals surface area contributed by atoms with Gasteiger partial charge in [0.1, 0.15) is 23.4 Å². The maximum absolute atomic E-state index is 14.4. The second-order valence-corrected chi connectivity index (χ2v) is 16.1. The fourth-order valence-electron chi connectivity index (χ4n) is 6.64. The van der Waals surface area contributed by atoms with Gasteiger partial charge in [-0.15, -0.1) is 0 Å². The number of ether oxygens (including phenoxy) is 1. The summed E-state index contributed by atoms with van der Waals surface area (Å²) in [6.07, 6.45) is -0.155. The van der Waals surface area contributed by atoms with E-state index in [4.69, 9.17) is 15.0 Å². The fourth-order valence-corrected chi connectivity index (χ4v) is 7.04. The maximum Gasteiger partial charge on any atom is 0.524 e. The highest BCUT2D eigenvalue weighted by atomic mass is 31.2. The van der Waals surface area contributed by atoms with Gasteiger partial charge in [0.15, 0.2) is 0 Å². The number of nitrogens with one attached hydrogen (secondary N) is 1. The van der Waals surface area contributed by atoms with Crippen molar-refractivity contribution in [3.8, 4) is 5.75 Å². The molecule has 2 amide bonds. The molecule has 0 fully saturated rings. The molecule has 3 aromatic carbocycles. The molecule has 4 aromatic rings. The molecule has 54 heavy (non-hydrogen) atoms. The Morgan fingerprint density at radius 2 is 1.69 bits per heavy atom. The highest BCUT2D eigenvalue weighted by molar-refractivity contribution is 7.46. The first kappa shape index (κ1) is 42.0. The van der Waals surface area contributed by atoms with Crippen molar-refractivity contribution < 1.29 is 47.5 Å². The zero-order chi connectivity index (χ0) is 40.0. The number of halogens is 1. The van der Waals surface area contributed by atoms with Crippen molar-refractivity contribution in [2.45, 2.75) is 96.8 Å². The maximum atomic E-state index is 14.4. The molecule has 0 aliphatic rings. The summed E-state index contributed by atoms with van der Waals surface area (Å²) in [5.74, 6) is -3.71. The smallest absolute Gasteiger partial charge is 0.460 e. The number of esters is 1. The largest absolute Gasteiger partial charge is 0.524 e. The van der Waals surface area contributed by atoms with Gasteiger partial charge in [-0.05, 0) is 100 Å². The summed E-state index contributed by atoms with van der Waals surface area (Å²) in [7, 11) is -4.98. The lowest BCUT2D eigenvalue weighted by Gasteiger charge is -2.33. The van der Waals surface area contributed by atoms with Crippen LogP contribution in [-0.4, -0.2) is 60.4 Å². The van der Waals surface area contributed by atoms with Crippen molar-refractivity contribution >= 4 is 36.6 Å². The SMILES string of the molecule is Cc1cc(C)c(C(C)(C)CC(=O)O[C@H](C[C@@H](CCC(C)(C)O)C(N)=O)[C@H](Cc2cccc(F)c2)NC(=O)c2cnc3ccccc3n2)c(OP(=O)(O)O)c1. The normalized spacial score (nSPS) is 13.9. The van der Waals surface area contributed by atoms with Gasteiger partial charge in [-0.25, -0.2) is 13.9 Å². The first-order valence-corrected chi connectivity index (χ1v) is 19.0. The van der Waals surface area contributed by atoms with Crippen LogP contribution in [0.15, 0.2) is 66.9 Å². The van der Waals surface area contributed by atoms with Crippen molar-refractivity contribution in [3.63, 3.8) is 0 Å². The van der Waals surface area contributed by atoms with Crippen LogP contribution < -0.4 is 15.6 Å². The second-order valence-electron chi connectivity index (χ2n) is 15.0. The molecule has 1 aromatic heterocycles. The average Bonchev–Trinajstić information content (AvgIpc) is 3.03. The number of primary amides is 1. The van der Waals surface area contributed by atoms with Gasteiger partial charge in [-0.1, -0.05) is 44.2 Å². The summed E-state index contributed by atoms with van der Waals surface area (Å²) < 4.78 is 37.5. The second kappa shape index (κ2) is 17.2. The van der Waals surface area contributed by atoms with Crippen LogP contribution in [0.4, 0.5) is 4.39 Å². The van der Waals surface area contributed by atoms with Crippen molar-refractivity contribution in [1.29, 1.82) is 0 Å². The minimum absolute atomic E-state index is 0.0370. The third kappa shape index (κ3) is 12.1. The number of nitrogens with two attached hydrogens (primary N) is 1. The van der Waals surface area contributed by atoms with Crippen molar-refractivity contribution in [3.05, 3.63) is 101 Å². The minimum atomic E-state index is -4.98. The zero-order valence-corrected chi connectivity index (χ0v) is 32.1. The molecular weight excluding hydrogens is 718 g/mol. The number of carbonyl (C=O) groups excluding carboxylic acids is 3. The predicted molar refractivity (Wildman–Crippen MR) is 200 cm³/mol. The lowest BCUT2D eigenvalue weighted by molar-refractivity contribution is -0.153. The Kier molecular flexibility index (Phi) is 13.3. The van der Waals surface area contributed by atoms with Gasteiger partial charge in [0, 0.05) is 16.9 Å². The topological polar surface area (TPSA) is 211 Å². The number of aliphatic hydroxyl groups is 1. The van der Waals surface area contributed by atoms with E-state index in [-0.39, 0.29) is 43.5 Å². The molecule has 0 radical (unpaired) electrons. The number of phosphoric acid groups is 1. The third-order valence-corrected chi connectivity index (χ3v) is 9.46. The number of hydrogen-bond donors (Lipinski definition) is 5. The molecule has 1 heterocycles. The molecule has 290 valence electrons. The molecule has 3 atom stereocenters. The molecular formula is C39H48FN4O9P. The van der Waals surface area contributed by atoms with E-state index in [1.54, 1.807) is 77.9 Å². The van der Waals surface area contributed by atoms with Crippen LogP contribution in [0.2, 0.25) is 0 Å². The lowest BCUT2D eigenvalue weighted by Crippen LogP contribution is -2.49. The number of amides is 2. The summed E-state index contributed by atoms with van der Waals surface area (Å²) >= 11 is 0. The van der Waals surface area contributed by atoms with E-state index >= 15 is 0 Å². The molecule has 0 unspecified atom stereocenters. The van der Waals surface area contributed by atoms with Crippen molar-refractivity contribution in [2.24, 2.45) is 11.7 Å². The van der Waals surface area contributed by atoms with Crippen LogP contribution in [0.25, 0.3) is 11.0 Å². The highest BCUT2D eigenvalue weighted by Gasteiger charge is 2.37. The molecule has 13 nitrogen and oxygen atoms in total. The third-order valence-electron chi connectivity index (χ3n) is 9.02. The Balaban J connectivity index is 1.75. The summed E-state index contributed by atoms with van der Waals surface area (Å²) in [4.78, 5) is 68.7. The number of nitrogens with zero attached hydrogens (tertiary/aromatic N) is 2. The van der Waals surface area contributed by atoms with Crippen molar-refractivity contribution in [2.75, 3.05) is 0 Å². The summed E-state index contributed by atoms with van der Waals surface area (Å²) in [6.45, 7) is 10.0. The fraction of sp³-hybridized carbons (Fsp3) is 0.410. The average molecular weight is 767 g/mol. The number of benzene rings is 3. The van der Waals surface area contributed by atoms with E-state index in [0.717, 1.165) is 0 Å². The van der Waals surface area contributed by atoms with Gasteiger partial charge in [0.2, 0.25) is 5.91 Å². The van der Waals surface area contributed by atoms with Crippen LogP contribution in [0.3, 0.4) is 0 Å². The molecule has 4 rings (SSSR count). The van der Waals surface area contributed by atoms with Crippen LogP contribution in [-0.2, 0) is 30.7 Å². The predicted octanol–water partition coefficient (Wildman–Crippen LogP) is 5.52. The Hall–Kier alpha value is -4.75. The number of para-hydroxylation sites is 2. The van der Waals surface area contributed by atoms with E-state index in [9.17, 15) is 38.2 Å². The first-order chi connectivity index (χ1) is 25.1. The van der Waals surface area contributed by atoms with Gasteiger partial charge >= 0.3 is 13.8 Å². The number of rotatable bonds is 17. The van der Waals surface area contributed by atoms with Gasteiger partial charge in [0.25, 0.3) is 5.91 Å².